The summed E-state index contributed by atoms with van der Waals surface area (Å²) in [6, 6.07) is 3.45. The molecule has 1 atom stereocenters. The van der Waals surface area contributed by atoms with E-state index in [1.165, 1.54) is 6.20 Å². The monoisotopic (exact) mass is 306 g/mol. The van der Waals surface area contributed by atoms with Crippen molar-refractivity contribution in [3.05, 3.63) is 30.1 Å². The van der Waals surface area contributed by atoms with E-state index in [2.05, 4.69) is 4.98 Å². The van der Waals surface area contributed by atoms with Gasteiger partial charge in [0.25, 0.3) is 5.91 Å². The van der Waals surface area contributed by atoms with Gasteiger partial charge in [0, 0.05) is 32.1 Å². The lowest BCUT2D eigenvalue weighted by Crippen LogP contribution is -2.39. The van der Waals surface area contributed by atoms with E-state index >= 15 is 0 Å². The van der Waals surface area contributed by atoms with Crippen LogP contribution in [0.5, 0.6) is 0 Å². The second-order valence-corrected chi connectivity index (χ2v) is 5.18. The van der Waals surface area contributed by atoms with Crippen molar-refractivity contribution >= 4 is 11.9 Å². The number of rotatable bonds is 7. The highest BCUT2D eigenvalue weighted by molar-refractivity contribution is 5.94. The molecule has 0 bridgehead atoms. The van der Waals surface area contributed by atoms with E-state index in [0.717, 1.165) is 19.4 Å². The number of carbonyl (C=O) groups excluding carboxylic acids is 2. The molecule has 1 aromatic heterocycles. The van der Waals surface area contributed by atoms with Gasteiger partial charge in [0.15, 0.2) is 0 Å². The standard InChI is InChI=1S/C16H22N2O4/c1-2-21-15(19)7-9-18(12-14-6-4-10-22-14)16(20)13-5-3-8-17-11-13/h3,5,8,11,14H,2,4,6-7,9-10,12H2,1H3. The number of pyridine rings is 1. The molecular formula is C16H22N2O4. The molecule has 0 radical (unpaired) electrons. The Morgan fingerprint density at radius 1 is 1.50 bits per heavy atom. The molecule has 120 valence electrons. The van der Waals surface area contributed by atoms with E-state index in [1.807, 2.05) is 0 Å². The van der Waals surface area contributed by atoms with Gasteiger partial charge in [0.2, 0.25) is 0 Å². The Balaban J connectivity index is 1.99. The molecular weight excluding hydrogens is 284 g/mol. The average Bonchev–Trinajstić information content (AvgIpc) is 3.05. The number of carbonyl (C=O) groups is 2. The van der Waals surface area contributed by atoms with Gasteiger partial charge in [-0.25, -0.2) is 0 Å². The van der Waals surface area contributed by atoms with Crippen molar-refractivity contribution in [2.75, 3.05) is 26.3 Å². The first-order chi connectivity index (χ1) is 10.7. The highest BCUT2D eigenvalue weighted by atomic mass is 16.5. The Hall–Kier alpha value is -1.95. The average molecular weight is 306 g/mol. The first kappa shape index (κ1) is 16.4. The van der Waals surface area contributed by atoms with Crippen LogP contribution in [0.25, 0.3) is 0 Å². The van der Waals surface area contributed by atoms with Crippen molar-refractivity contribution in [3.63, 3.8) is 0 Å². The van der Waals surface area contributed by atoms with Crippen LogP contribution in [-0.2, 0) is 14.3 Å². The van der Waals surface area contributed by atoms with Crippen LogP contribution in [0.4, 0.5) is 0 Å². The fourth-order valence-electron chi connectivity index (χ4n) is 2.44. The van der Waals surface area contributed by atoms with Gasteiger partial charge in [0.05, 0.1) is 24.7 Å². The molecule has 1 fully saturated rings. The fraction of sp³-hybridized carbons (Fsp3) is 0.562. The Morgan fingerprint density at radius 2 is 2.36 bits per heavy atom. The number of amides is 1. The zero-order chi connectivity index (χ0) is 15.8. The van der Waals surface area contributed by atoms with E-state index in [4.69, 9.17) is 9.47 Å². The summed E-state index contributed by atoms with van der Waals surface area (Å²) < 4.78 is 10.5. The molecule has 22 heavy (non-hydrogen) atoms. The van der Waals surface area contributed by atoms with Crippen LogP contribution in [0.3, 0.4) is 0 Å². The summed E-state index contributed by atoms with van der Waals surface area (Å²) in [5.41, 5.74) is 0.518. The maximum atomic E-state index is 12.6. The molecule has 1 aliphatic heterocycles. The van der Waals surface area contributed by atoms with Crippen LogP contribution in [0.1, 0.15) is 36.5 Å². The summed E-state index contributed by atoms with van der Waals surface area (Å²) in [6.07, 6.45) is 5.35. The molecule has 0 aromatic carbocycles. The first-order valence-corrected chi connectivity index (χ1v) is 7.67. The van der Waals surface area contributed by atoms with Crippen LogP contribution in [0.15, 0.2) is 24.5 Å². The smallest absolute Gasteiger partial charge is 0.307 e. The molecule has 1 saturated heterocycles. The largest absolute Gasteiger partial charge is 0.466 e. The molecule has 1 amide bonds. The second kappa shape index (κ2) is 8.48. The lowest BCUT2D eigenvalue weighted by molar-refractivity contribution is -0.143. The van der Waals surface area contributed by atoms with Gasteiger partial charge in [-0.2, -0.15) is 0 Å². The second-order valence-electron chi connectivity index (χ2n) is 5.18. The van der Waals surface area contributed by atoms with Gasteiger partial charge in [-0.3, -0.25) is 14.6 Å². The fourth-order valence-corrected chi connectivity index (χ4v) is 2.44. The number of aromatic nitrogens is 1. The van der Waals surface area contributed by atoms with Crippen molar-refractivity contribution in [3.8, 4) is 0 Å². The minimum absolute atomic E-state index is 0.0443. The number of hydrogen-bond donors (Lipinski definition) is 0. The van der Waals surface area contributed by atoms with Crippen molar-refractivity contribution in [1.29, 1.82) is 0 Å². The normalized spacial score (nSPS) is 17.2. The molecule has 0 saturated carbocycles. The zero-order valence-corrected chi connectivity index (χ0v) is 12.9. The van der Waals surface area contributed by atoms with E-state index in [-0.39, 0.29) is 24.4 Å². The van der Waals surface area contributed by atoms with Crippen LogP contribution < -0.4 is 0 Å². The molecule has 6 nitrogen and oxygen atoms in total. The minimum atomic E-state index is -0.293. The zero-order valence-electron chi connectivity index (χ0n) is 12.9. The van der Waals surface area contributed by atoms with Gasteiger partial charge in [-0.15, -0.1) is 0 Å². The Bertz CT molecular complexity index is 486. The Morgan fingerprint density at radius 3 is 3.00 bits per heavy atom. The number of esters is 1. The van der Waals surface area contributed by atoms with E-state index < -0.39 is 0 Å². The summed E-state index contributed by atoms with van der Waals surface area (Å²) >= 11 is 0. The van der Waals surface area contributed by atoms with Crippen LogP contribution >= 0.6 is 0 Å². The predicted octanol–water partition coefficient (Wildman–Crippen LogP) is 1.66. The third-order valence-electron chi connectivity index (χ3n) is 3.53. The van der Waals surface area contributed by atoms with Crippen molar-refractivity contribution in [1.82, 2.24) is 9.88 Å². The molecule has 1 unspecified atom stereocenters. The Kier molecular flexibility index (Phi) is 6.33. The first-order valence-electron chi connectivity index (χ1n) is 7.67. The maximum absolute atomic E-state index is 12.6. The molecule has 0 N–H and O–H groups in total. The summed E-state index contributed by atoms with van der Waals surface area (Å²) in [6.45, 7) is 3.67. The van der Waals surface area contributed by atoms with Crippen LogP contribution in [0, 0.1) is 0 Å². The SMILES string of the molecule is CCOC(=O)CCN(CC1CCCO1)C(=O)c1cccnc1. The van der Waals surface area contributed by atoms with Gasteiger partial charge in [-0.05, 0) is 31.9 Å². The van der Waals surface area contributed by atoms with Gasteiger partial charge in [-0.1, -0.05) is 0 Å². The van der Waals surface area contributed by atoms with Crippen LogP contribution in [-0.4, -0.2) is 54.2 Å². The molecule has 0 aliphatic carbocycles. The predicted molar refractivity (Wildman–Crippen MR) is 80.4 cm³/mol. The Labute approximate surface area is 130 Å². The van der Waals surface area contributed by atoms with Gasteiger partial charge < -0.3 is 14.4 Å². The maximum Gasteiger partial charge on any atom is 0.307 e. The number of nitrogens with zero attached hydrogens (tertiary/aromatic N) is 2. The topological polar surface area (TPSA) is 68.7 Å². The summed E-state index contributed by atoms with van der Waals surface area (Å²) in [7, 11) is 0. The summed E-state index contributed by atoms with van der Waals surface area (Å²) in [5.74, 6) is -0.424. The van der Waals surface area contributed by atoms with E-state index in [1.54, 1.807) is 30.2 Å². The highest BCUT2D eigenvalue weighted by Gasteiger charge is 2.24. The summed E-state index contributed by atoms with van der Waals surface area (Å²) in [4.78, 5) is 29.8. The lowest BCUT2D eigenvalue weighted by Gasteiger charge is -2.25. The summed E-state index contributed by atoms with van der Waals surface area (Å²) in [5, 5.41) is 0. The molecule has 1 aromatic rings. The van der Waals surface area contributed by atoms with Crippen molar-refractivity contribution < 1.29 is 19.1 Å². The molecule has 6 heteroatoms. The minimum Gasteiger partial charge on any atom is -0.466 e. The highest BCUT2D eigenvalue weighted by Crippen LogP contribution is 2.15. The quantitative estimate of drug-likeness (QED) is 0.717. The molecule has 0 spiro atoms. The van der Waals surface area contributed by atoms with Crippen LogP contribution in [0.2, 0.25) is 0 Å². The lowest BCUT2D eigenvalue weighted by atomic mass is 10.2. The van der Waals surface area contributed by atoms with Gasteiger partial charge >= 0.3 is 5.97 Å². The number of ether oxygens (including phenoxy) is 2. The third kappa shape index (κ3) is 4.80. The van der Waals surface area contributed by atoms with Gasteiger partial charge in [0.1, 0.15) is 0 Å². The molecule has 1 aliphatic rings. The van der Waals surface area contributed by atoms with E-state index in [0.29, 0.717) is 25.3 Å². The molecule has 2 rings (SSSR count). The van der Waals surface area contributed by atoms with Crippen molar-refractivity contribution in [2.45, 2.75) is 32.3 Å². The third-order valence-corrected chi connectivity index (χ3v) is 3.53. The number of hydrogen-bond acceptors (Lipinski definition) is 5. The molecule has 2 heterocycles. The van der Waals surface area contributed by atoms with E-state index in [9.17, 15) is 9.59 Å². The van der Waals surface area contributed by atoms with Crippen molar-refractivity contribution in [2.24, 2.45) is 0 Å².